The Bertz CT molecular complexity index is 766. The second-order valence-corrected chi connectivity index (χ2v) is 11.0. The third-order valence-corrected chi connectivity index (χ3v) is 9.50. The lowest BCUT2D eigenvalue weighted by Crippen LogP contribution is -2.69. The van der Waals surface area contributed by atoms with Crippen LogP contribution in [0.25, 0.3) is 0 Å². The Labute approximate surface area is 189 Å². The number of carbonyl (C=O) groups is 2. The third kappa shape index (κ3) is 3.16. The summed E-state index contributed by atoms with van der Waals surface area (Å²) in [5.41, 5.74) is -1.28. The number of fused-ring (bicyclic) bond motifs is 3. The van der Waals surface area contributed by atoms with Crippen molar-refractivity contribution in [3.8, 4) is 0 Å². The van der Waals surface area contributed by atoms with E-state index in [1.165, 1.54) is 13.8 Å². The highest BCUT2D eigenvalue weighted by molar-refractivity contribution is 5.67. The minimum Gasteiger partial charge on any atom is -0.465 e. The predicted molar refractivity (Wildman–Crippen MR) is 111 cm³/mol. The summed E-state index contributed by atoms with van der Waals surface area (Å²) in [6.45, 7) is 8.15. The molecule has 2 aliphatic carbocycles. The second-order valence-electron chi connectivity index (χ2n) is 11.0. The van der Waals surface area contributed by atoms with Crippen LogP contribution in [0.15, 0.2) is 0 Å². The molecule has 0 aromatic heterocycles. The number of ether oxygens (including phenoxy) is 5. The molecule has 8 heteroatoms. The summed E-state index contributed by atoms with van der Waals surface area (Å²) in [5.74, 6) is -0.169. The number of carbonyl (C=O) groups excluding carboxylic acids is 2. The average Bonchev–Trinajstić information content (AvgIpc) is 3.24. The van der Waals surface area contributed by atoms with Crippen LogP contribution in [-0.4, -0.2) is 60.6 Å². The van der Waals surface area contributed by atoms with Crippen LogP contribution < -0.4 is 0 Å². The van der Waals surface area contributed by atoms with Gasteiger partial charge in [-0.05, 0) is 37.5 Å². The normalized spacial score (nSPS) is 51.7. The molecule has 3 heterocycles. The summed E-state index contributed by atoms with van der Waals surface area (Å²) in [6.07, 6.45) is 3.35. The SMILES string of the molecule is CC(=O)OCC12C(OC(C)=O)CC(C)C(C)(C3CC4CC(O)OC4O3)C1CCCC21CO1. The van der Waals surface area contributed by atoms with Gasteiger partial charge in [0.2, 0.25) is 0 Å². The lowest BCUT2D eigenvalue weighted by Gasteiger charge is -2.64. The molecule has 0 aromatic rings. The second kappa shape index (κ2) is 7.65. The van der Waals surface area contributed by atoms with Crippen LogP contribution in [0.4, 0.5) is 0 Å². The number of hydrogen-bond acceptors (Lipinski definition) is 8. The molecule has 0 aromatic carbocycles. The molecule has 0 bridgehead atoms. The van der Waals surface area contributed by atoms with E-state index in [0.717, 1.165) is 25.7 Å². The smallest absolute Gasteiger partial charge is 0.302 e. The third-order valence-electron chi connectivity index (χ3n) is 9.50. The van der Waals surface area contributed by atoms with E-state index in [4.69, 9.17) is 23.7 Å². The minimum absolute atomic E-state index is 0.0473. The molecule has 1 N–H and O–H groups in total. The molecular weight excluding hydrogens is 416 g/mol. The number of rotatable bonds is 4. The topological polar surface area (TPSA) is 104 Å². The van der Waals surface area contributed by atoms with E-state index in [2.05, 4.69) is 13.8 Å². The first-order valence-electron chi connectivity index (χ1n) is 12.1. The largest absolute Gasteiger partial charge is 0.465 e. The molecule has 2 saturated carbocycles. The maximum Gasteiger partial charge on any atom is 0.302 e. The van der Waals surface area contributed by atoms with Crippen molar-refractivity contribution in [3.63, 3.8) is 0 Å². The first kappa shape index (κ1) is 22.6. The van der Waals surface area contributed by atoms with Crippen LogP contribution in [0.1, 0.15) is 66.2 Å². The number of hydrogen-bond donors (Lipinski definition) is 1. The fourth-order valence-electron chi connectivity index (χ4n) is 7.79. The highest BCUT2D eigenvalue weighted by atomic mass is 16.7. The summed E-state index contributed by atoms with van der Waals surface area (Å²) >= 11 is 0. The van der Waals surface area contributed by atoms with Gasteiger partial charge in [0.15, 0.2) is 12.6 Å². The van der Waals surface area contributed by atoms with Gasteiger partial charge in [-0.1, -0.05) is 20.3 Å². The maximum atomic E-state index is 12.1. The van der Waals surface area contributed by atoms with E-state index in [1.807, 2.05) is 0 Å². The predicted octanol–water partition coefficient (Wildman–Crippen LogP) is 2.55. The summed E-state index contributed by atoms with van der Waals surface area (Å²) in [7, 11) is 0. The number of aliphatic hydroxyl groups excluding tert-OH is 1. The number of epoxide rings is 1. The molecule has 0 radical (unpaired) electrons. The van der Waals surface area contributed by atoms with Crippen LogP contribution in [-0.2, 0) is 33.3 Å². The summed E-state index contributed by atoms with van der Waals surface area (Å²) in [5, 5.41) is 9.88. The quantitative estimate of drug-likeness (QED) is 0.513. The van der Waals surface area contributed by atoms with Crippen molar-refractivity contribution >= 4 is 11.9 Å². The van der Waals surface area contributed by atoms with Crippen molar-refractivity contribution in [2.24, 2.45) is 28.6 Å². The Balaban J connectivity index is 1.55. The molecule has 5 fully saturated rings. The van der Waals surface area contributed by atoms with Crippen molar-refractivity contribution in [1.29, 1.82) is 0 Å². The van der Waals surface area contributed by atoms with Crippen molar-refractivity contribution in [3.05, 3.63) is 0 Å². The highest BCUT2D eigenvalue weighted by Crippen LogP contribution is 2.70. The molecule has 10 unspecified atom stereocenters. The van der Waals surface area contributed by atoms with Gasteiger partial charge in [-0.25, -0.2) is 0 Å². The van der Waals surface area contributed by atoms with Crippen molar-refractivity contribution in [1.82, 2.24) is 0 Å². The fourth-order valence-corrected chi connectivity index (χ4v) is 7.79. The van der Waals surface area contributed by atoms with Crippen LogP contribution >= 0.6 is 0 Å². The van der Waals surface area contributed by atoms with Gasteiger partial charge < -0.3 is 28.8 Å². The van der Waals surface area contributed by atoms with Crippen molar-refractivity contribution in [2.75, 3.05) is 13.2 Å². The van der Waals surface area contributed by atoms with Gasteiger partial charge in [0, 0.05) is 31.6 Å². The molecule has 0 amide bonds. The molecule has 3 aliphatic heterocycles. The molecule has 32 heavy (non-hydrogen) atoms. The zero-order valence-electron chi connectivity index (χ0n) is 19.5. The van der Waals surface area contributed by atoms with Gasteiger partial charge in [0.1, 0.15) is 18.3 Å². The van der Waals surface area contributed by atoms with Gasteiger partial charge in [-0.2, -0.15) is 0 Å². The monoisotopic (exact) mass is 452 g/mol. The zero-order chi connectivity index (χ0) is 22.9. The number of aliphatic hydroxyl groups is 1. The molecule has 5 aliphatic rings. The lowest BCUT2D eigenvalue weighted by molar-refractivity contribution is -0.263. The van der Waals surface area contributed by atoms with Crippen LogP contribution in [0, 0.1) is 28.6 Å². The molecule has 1 spiro atoms. The molecule has 180 valence electrons. The summed E-state index contributed by atoms with van der Waals surface area (Å²) in [4.78, 5) is 24.1. The van der Waals surface area contributed by atoms with E-state index < -0.39 is 17.3 Å². The van der Waals surface area contributed by atoms with E-state index in [9.17, 15) is 14.7 Å². The van der Waals surface area contributed by atoms with Crippen LogP contribution in [0.3, 0.4) is 0 Å². The van der Waals surface area contributed by atoms with Gasteiger partial charge in [0.05, 0.1) is 18.1 Å². The molecule has 10 atom stereocenters. The Morgan fingerprint density at radius 2 is 1.88 bits per heavy atom. The van der Waals surface area contributed by atoms with E-state index in [1.54, 1.807) is 0 Å². The van der Waals surface area contributed by atoms with Gasteiger partial charge in [0.25, 0.3) is 0 Å². The number of esters is 2. The summed E-state index contributed by atoms with van der Waals surface area (Å²) in [6, 6.07) is 0. The van der Waals surface area contributed by atoms with E-state index >= 15 is 0 Å². The minimum atomic E-state index is -0.753. The van der Waals surface area contributed by atoms with Gasteiger partial charge in [-0.15, -0.1) is 0 Å². The highest BCUT2D eigenvalue weighted by Gasteiger charge is 2.76. The Morgan fingerprint density at radius 3 is 2.50 bits per heavy atom. The van der Waals surface area contributed by atoms with Crippen molar-refractivity contribution < 1.29 is 38.4 Å². The molecule has 5 rings (SSSR count). The maximum absolute atomic E-state index is 12.1. The fraction of sp³-hybridized carbons (Fsp3) is 0.917. The van der Waals surface area contributed by atoms with Crippen LogP contribution in [0.2, 0.25) is 0 Å². The lowest BCUT2D eigenvalue weighted by atomic mass is 9.42. The standard InChI is InChI=1S/C24H36O8/c1-13-8-19(30-15(3)26)24(12-28-14(2)25)17(6-5-7-23(24)11-29-23)22(13,4)18-9-16-10-20(27)32-21(16)31-18/h13,16-21,27H,5-12H2,1-4H3. The molecule has 3 saturated heterocycles. The van der Waals surface area contributed by atoms with Gasteiger partial charge in [-0.3, -0.25) is 9.59 Å². The average molecular weight is 453 g/mol. The molecular formula is C24H36O8. The zero-order valence-corrected chi connectivity index (χ0v) is 19.5. The van der Waals surface area contributed by atoms with Gasteiger partial charge >= 0.3 is 11.9 Å². The Morgan fingerprint density at radius 1 is 1.12 bits per heavy atom. The van der Waals surface area contributed by atoms with E-state index in [-0.39, 0.29) is 60.2 Å². The van der Waals surface area contributed by atoms with Crippen LogP contribution in [0.5, 0.6) is 0 Å². The Kier molecular flexibility index (Phi) is 5.40. The van der Waals surface area contributed by atoms with E-state index in [0.29, 0.717) is 19.4 Å². The first-order valence-corrected chi connectivity index (χ1v) is 12.1. The Hall–Kier alpha value is -1.22. The summed E-state index contributed by atoms with van der Waals surface area (Å²) < 4.78 is 29.9. The first-order chi connectivity index (χ1) is 15.1. The molecule has 8 nitrogen and oxygen atoms in total. The van der Waals surface area contributed by atoms with Crippen molar-refractivity contribution in [2.45, 2.75) is 96.6 Å².